The largest absolute Gasteiger partial charge is 0.448 e. The molecule has 14 nitrogen and oxygen atoms in total. The van der Waals surface area contributed by atoms with Crippen LogP contribution in [0.15, 0.2) is 82.0 Å². The number of benzene rings is 2. The summed E-state index contributed by atoms with van der Waals surface area (Å²) in [7, 11) is 1.90. The molecule has 2 rings (SSSR count). The number of carbonyl (C=O) groups excluding carboxylic acids is 4. The number of anilines is 2. The van der Waals surface area contributed by atoms with Gasteiger partial charge in [-0.25, -0.2) is 9.79 Å². The Morgan fingerprint density at radius 2 is 1.65 bits per heavy atom. The van der Waals surface area contributed by atoms with Crippen LogP contribution in [-0.2, 0) is 23.8 Å². The average molecular weight is 760 g/mol. The second kappa shape index (κ2) is 24.5. The topological polar surface area (TPSA) is 178 Å². The summed E-state index contributed by atoms with van der Waals surface area (Å²) >= 11 is 0. The Kier molecular flexibility index (Phi) is 20.2. The number of aliphatic imine (C=N–C) groups is 3. The molecule has 0 saturated carbocycles. The molecule has 0 radical (unpaired) electrons. The minimum Gasteiger partial charge on any atom is -0.448 e. The lowest BCUT2D eigenvalue weighted by Gasteiger charge is -2.25. The SMILES string of the molecule is C=C/C=C(\N=C/C)N(CCC(=O)OC(OC(=O)CC)C(C)C)C(=O)c1ccc(N(C)CCNc2ccc(/C(N)=N/C(=O)OCCCCCC)cc2)c(N=C)c1. The van der Waals surface area contributed by atoms with Gasteiger partial charge in [-0.05, 0) is 68.6 Å². The van der Waals surface area contributed by atoms with E-state index < -0.39 is 30.2 Å². The predicted molar refractivity (Wildman–Crippen MR) is 219 cm³/mol. The van der Waals surface area contributed by atoms with Crippen molar-refractivity contribution < 1.29 is 33.4 Å². The van der Waals surface area contributed by atoms with E-state index in [1.54, 1.807) is 64.1 Å². The van der Waals surface area contributed by atoms with Gasteiger partial charge in [-0.15, -0.1) is 0 Å². The van der Waals surface area contributed by atoms with Gasteiger partial charge in [-0.3, -0.25) is 24.3 Å². The molecule has 0 saturated heterocycles. The molecular formula is C41H57N7O7. The summed E-state index contributed by atoms with van der Waals surface area (Å²) in [5, 5.41) is 3.36. The van der Waals surface area contributed by atoms with Crippen LogP contribution in [-0.4, -0.2) is 87.2 Å². The molecule has 0 aromatic heterocycles. The van der Waals surface area contributed by atoms with E-state index in [9.17, 15) is 19.2 Å². The zero-order chi connectivity index (χ0) is 40.8. The van der Waals surface area contributed by atoms with Crippen molar-refractivity contribution in [2.45, 2.75) is 79.4 Å². The van der Waals surface area contributed by atoms with Gasteiger partial charge in [0.15, 0.2) is 0 Å². The Balaban J connectivity index is 2.11. The molecule has 1 atom stereocenters. The maximum absolute atomic E-state index is 14.0. The molecule has 1 unspecified atom stereocenters. The van der Waals surface area contributed by atoms with Crippen LogP contribution in [0.4, 0.5) is 21.9 Å². The zero-order valence-corrected chi connectivity index (χ0v) is 33.1. The minimum absolute atomic E-state index is 0.0719. The molecule has 0 heterocycles. The monoisotopic (exact) mass is 759 g/mol. The number of allylic oxidation sites excluding steroid dienone is 2. The second-order valence-corrected chi connectivity index (χ2v) is 12.8. The van der Waals surface area contributed by atoms with Crippen LogP contribution >= 0.6 is 0 Å². The van der Waals surface area contributed by atoms with Crippen LogP contribution in [0.2, 0.25) is 0 Å². The van der Waals surface area contributed by atoms with Crippen LogP contribution in [0.5, 0.6) is 0 Å². The average Bonchev–Trinajstić information content (AvgIpc) is 3.17. The highest BCUT2D eigenvalue weighted by molar-refractivity contribution is 6.03. The first-order valence-electron chi connectivity index (χ1n) is 18.6. The second-order valence-electron chi connectivity index (χ2n) is 12.8. The summed E-state index contributed by atoms with van der Waals surface area (Å²) in [6.07, 6.45) is 6.79. The molecule has 0 aliphatic carbocycles. The van der Waals surface area contributed by atoms with Crippen LogP contribution in [0.3, 0.4) is 0 Å². The van der Waals surface area contributed by atoms with E-state index in [0.717, 1.165) is 37.1 Å². The molecule has 14 heteroatoms. The van der Waals surface area contributed by atoms with Crippen molar-refractivity contribution in [3.05, 3.63) is 78.1 Å². The Labute approximate surface area is 325 Å². The van der Waals surface area contributed by atoms with Crippen molar-refractivity contribution >= 4 is 59.8 Å². The number of likely N-dealkylation sites (N-methyl/N-ethyl adjacent to an activating group) is 1. The third-order valence-corrected chi connectivity index (χ3v) is 8.11. The maximum atomic E-state index is 14.0. The lowest BCUT2D eigenvalue weighted by atomic mass is 10.1. The summed E-state index contributed by atoms with van der Waals surface area (Å²) in [5.74, 6) is -1.47. The van der Waals surface area contributed by atoms with Gasteiger partial charge in [0.1, 0.15) is 11.7 Å². The molecule has 2 amide bonds. The van der Waals surface area contributed by atoms with E-state index >= 15 is 0 Å². The zero-order valence-electron chi connectivity index (χ0n) is 33.1. The summed E-state index contributed by atoms with van der Waals surface area (Å²) in [4.78, 5) is 66.4. The van der Waals surface area contributed by atoms with Crippen LogP contribution in [0.25, 0.3) is 0 Å². The molecule has 2 aromatic rings. The number of esters is 2. The fourth-order valence-corrected chi connectivity index (χ4v) is 5.05. The van der Waals surface area contributed by atoms with Crippen molar-refractivity contribution in [3.8, 4) is 0 Å². The number of rotatable bonds is 23. The highest BCUT2D eigenvalue weighted by atomic mass is 16.7. The molecule has 0 aliphatic rings. The van der Waals surface area contributed by atoms with Gasteiger partial charge in [-0.2, -0.15) is 4.99 Å². The predicted octanol–water partition coefficient (Wildman–Crippen LogP) is 7.42. The molecule has 298 valence electrons. The Hall–Kier alpha value is -5.79. The third kappa shape index (κ3) is 15.6. The van der Waals surface area contributed by atoms with Crippen molar-refractivity contribution in [2.75, 3.05) is 43.5 Å². The summed E-state index contributed by atoms with van der Waals surface area (Å²) < 4.78 is 15.9. The van der Waals surface area contributed by atoms with Crippen molar-refractivity contribution in [2.24, 2.45) is 26.6 Å². The summed E-state index contributed by atoms with van der Waals surface area (Å²) in [6.45, 7) is 17.9. The first-order chi connectivity index (χ1) is 26.4. The van der Waals surface area contributed by atoms with Crippen LogP contribution < -0.4 is 16.0 Å². The third-order valence-electron chi connectivity index (χ3n) is 8.11. The van der Waals surface area contributed by atoms with Crippen molar-refractivity contribution in [1.82, 2.24) is 4.90 Å². The lowest BCUT2D eigenvalue weighted by Crippen LogP contribution is -2.34. The van der Waals surface area contributed by atoms with E-state index in [0.29, 0.717) is 36.5 Å². The standard InChI is InChI=1S/C41H57N7O7/c1-9-13-14-15-27-53-41(52)46-38(42)30-17-20-32(21-18-30)45-24-26-47(8)34-22-19-31(28-33(34)43-7)39(51)48(35(16-10-2)44-12-4)25-23-37(50)55-40(29(5)6)54-36(49)11-3/h10,12,16-22,28-29,40,45H,2,7,9,11,13-15,23-27H2,1,3-6,8H3,(H2,42,46,52)/b35-16+,44-12-. The fraction of sp³-hybridized carbons (Fsp3) is 0.439. The fourth-order valence-electron chi connectivity index (χ4n) is 5.05. The molecule has 2 aromatic carbocycles. The van der Waals surface area contributed by atoms with Crippen molar-refractivity contribution in [3.63, 3.8) is 0 Å². The summed E-state index contributed by atoms with van der Waals surface area (Å²) in [5.41, 5.74) is 9.00. The number of hydrogen-bond donors (Lipinski definition) is 2. The Morgan fingerprint density at radius 1 is 0.964 bits per heavy atom. The van der Waals surface area contributed by atoms with E-state index in [1.807, 2.05) is 24.1 Å². The molecule has 55 heavy (non-hydrogen) atoms. The number of carbonyl (C=O) groups is 4. The van der Waals surface area contributed by atoms with E-state index in [-0.39, 0.29) is 37.0 Å². The lowest BCUT2D eigenvalue weighted by molar-refractivity contribution is -0.195. The molecule has 3 N–H and O–H groups in total. The number of nitrogens with one attached hydrogen (secondary N) is 1. The maximum Gasteiger partial charge on any atom is 0.435 e. The van der Waals surface area contributed by atoms with Crippen LogP contribution in [0, 0.1) is 5.92 Å². The number of nitrogens with zero attached hydrogens (tertiary/aromatic N) is 5. The quantitative estimate of drug-likeness (QED) is 0.0289. The molecule has 0 aliphatic heterocycles. The number of ether oxygens (including phenoxy) is 3. The highest BCUT2D eigenvalue weighted by Crippen LogP contribution is 2.30. The highest BCUT2D eigenvalue weighted by Gasteiger charge is 2.25. The normalized spacial score (nSPS) is 12.2. The van der Waals surface area contributed by atoms with Gasteiger partial charge < -0.3 is 30.2 Å². The molecule has 0 fully saturated rings. The first kappa shape index (κ1) is 45.4. The first-order valence-corrected chi connectivity index (χ1v) is 18.6. The Bertz CT molecular complexity index is 1690. The van der Waals surface area contributed by atoms with Gasteiger partial charge in [0.2, 0.25) is 6.29 Å². The van der Waals surface area contributed by atoms with Gasteiger partial charge in [-0.1, -0.05) is 59.6 Å². The van der Waals surface area contributed by atoms with Gasteiger partial charge in [0, 0.05) is 62.0 Å². The number of unbranched alkanes of at least 4 members (excludes halogenated alkanes) is 3. The molecule has 0 bridgehead atoms. The Morgan fingerprint density at radius 3 is 2.27 bits per heavy atom. The number of nitrogens with two attached hydrogens (primary N) is 1. The smallest absolute Gasteiger partial charge is 0.435 e. The van der Waals surface area contributed by atoms with Crippen molar-refractivity contribution in [1.29, 1.82) is 0 Å². The van der Waals surface area contributed by atoms with Crippen LogP contribution in [0.1, 0.15) is 89.1 Å². The number of hydrogen-bond acceptors (Lipinski definition) is 11. The van der Waals surface area contributed by atoms with E-state index in [4.69, 9.17) is 19.9 Å². The van der Waals surface area contributed by atoms with Gasteiger partial charge >= 0.3 is 18.0 Å². The van der Waals surface area contributed by atoms with Gasteiger partial charge in [0.25, 0.3) is 5.91 Å². The van der Waals surface area contributed by atoms with E-state index in [1.165, 1.54) is 17.2 Å². The van der Waals surface area contributed by atoms with Gasteiger partial charge in [0.05, 0.1) is 24.4 Å². The molecule has 0 spiro atoms. The minimum atomic E-state index is -1.05. The molecular weight excluding hydrogens is 702 g/mol. The van der Waals surface area contributed by atoms with E-state index in [2.05, 4.69) is 40.5 Å². The number of amidine groups is 1. The summed E-state index contributed by atoms with van der Waals surface area (Å²) in [6, 6.07) is 12.3. The number of amides is 2.